The molecule has 1 heterocycles. The highest BCUT2D eigenvalue weighted by molar-refractivity contribution is 7.89. The summed E-state index contributed by atoms with van der Waals surface area (Å²) in [5.74, 6) is -1.40. The Bertz CT molecular complexity index is 1070. The van der Waals surface area contributed by atoms with E-state index in [1.165, 1.54) is 24.3 Å². The second kappa shape index (κ2) is 9.65. The van der Waals surface area contributed by atoms with E-state index in [1.54, 1.807) is 4.31 Å². The first kappa shape index (κ1) is 26.2. The predicted octanol–water partition coefficient (Wildman–Crippen LogP) is 2.91. The van der Waals surface area contributed by atoms with Crippen LogP contribution >= 0.6 is 0 Å². The van der Waals surface area contributed by atoms with Crippen LogP contribution in [0.4, 0.5) is 4.79 Å². The van der Waals surface area contributed by atoms with Gasteiger partial charge in [0.15, 0.2) is 6.61 Å². The smallest absolute Gasteiger partial charge is 0.338 e. The topological polar surface area (TPSA) is 122 Å². The molecule has 2 N–H and O–H groups in total. The molecule has 3 rings (SSSR count). The zero-order valence-corrected chi connectivity index (χ0v) is 21.3. The summed E-state index contributed by atoms with van der Waals surface area (Å²) in [7, 11) is -3.80. The summed E-state index contributed by atoms with van der Waals surface area (Å²) in [6, 6.07) is 4.92. The minimum Gasteiger partial charge on any atom is -0.452 e. The molecule has 1 aliphatic carbocycles. The Morgan fingerprint density at radius 1 is 1.18 bits per heavy atom. The van der Waals surface area contributed by atoms with Crippen LogP contribution in [0, 0.1) is 16.7 Å². The molecule has 3 amide bonds. The predicted molar refractivity (Wildman–Crippen MR) is 127 cm³/mol. The third-order valence-electron chi connectivity index (χ3n) is 6.30. The van der Waals surface area contributed by atoms with Crippen LogP contribution in [0.1, 0.15) is 64.2 Å². The molecule has 1 saturated heterocycles. The molecule has 1 saturated carbocycles. The first-order valence-corrected chi connectivity index (χ1v) is 13.0. The van der Waals surface area contributed by atoms with Gasteiger partial charge in [-0.05, 0) is 54.2 Å². The van der Waals surface area contributed by atoms with Crippen LogP contribution in [-0.2, 0) is 19.6 Å². The van der Waals surface area contributed by atoms with E-state index in [2.05, 4.69) is 31.4 Å². The molecule has 2 unspecified atom stereocenters. The van der Waals surface area contributed by atoms with Gasteiger partial charge in [0, 0.05) is 19.1 Å². The van der Waals surface area contributed by atoms with Crippen molar-refractivity contribution in [3.05, 3.63) is 29.8 Å². The second-order valence-corrected chi connectivity index (χ2v) is 12.9. The molecular weight excluding hydrogens is 458 g/mol. The maximum absolute atomic E-state index is 13.5. The number of urea groups is 1. The summed E-state index contributed by atoms with van der Waals surface area (Å²) in [4.78, 5) is 36.0. The summed E-state index contributed by atoms with van der Waals surface area (Å²) in [6.07, 6.45) is 2.59. The van der Waals surface area contributed by atoms with E-state index < -0.39 is 34.5 Å². The van der Waals surface area contributed by atoms with Crippen molar-refractivity contribution in [1.82, 2.24) is 14.9 Å². The van der Waals surface area contributed by atoms with Gasteiger partial charge in [0.2, 0.25) is 10.0 Å². The number of fused-ring (bicyclic) bond motifs is 2. The van der Waals surface area contributed by atoms with Crippen LogP contribution in [0.25, 0.3) is 0 Å². The highest BCUT2D eigenvalue weighted by Gasteiger charge is 2.53. The lowest BCUT2D eigenvalue weighted by molar-refractivity contribution is -0.123. The quantitative estimate of drug-likeness (QED) is 0.563. The second-order valence-electron chi connectivity index (χ2n) is 11.0. The molecule has 2 aliphatic rings. The number of nitrogens with one attached hydrogen (secondary N) is 2. The summed E-state index contributed by atoms with van der Waals surface area (Å²) in [6.45, 7) is 10.5. The number of hydrogen-bond acceptors (Lipinski definition) is 6. The fourth-order valence-corrected chi connectivity index (χ4v) is 7.15. The molecule has 0 spiro atoms. The number of esters is 1. The van der Waals surface area contributed by atoms with Crippen molar-refractivity contribution in [3.8, 4) is 0 Å². The van der Waals surface area contributed by atoms with Crippen LogP contribution in [-0.4, -0.2) is 56.4 Å². The molecule has 10 heteroatoms. The minimum atomic E-state index is -3.80. The molecular formula is C24H35N3O6S. The maximum Gasteiger partial charge on any atom is 0.338 e. The number of amides is 3. The Labute approximate surface area is 201 Å². The molecule has 34 heavy (non-hydrogen) atoms. The van der Waals surface area contributed by atoms with Crippen LogP contribution in [0.2, 0.25) is 0 Å². The molecule has 9 nitrogen and oxygen atoms in total. The standard InChI is InChI=1S/C24H35N3O6S/c1-16(2)12-25-22(30)26-20(28)13-33-21(29)17-7-6-8-19(9-17)34(31,32)27-15-24(5)11-18(27)10-23(3,4)14-24/h6-9,16,18H,10-15H2,1-5H3,(H2,25,26,28,30). The Morgan fingerprint density at radius 3 is 2.56 bits per heavy atom. The van der Waals surface area contributed by atoms with E-state index in [9.17, 15) is 22.8 Å². The maximum atomic E-state index is 13.5. The van der Waals surface area contributed by atoms with E-state index >= 15 is 0 Å². The normalized spacial score (nSPS) is 24.0. The highest BCUT2D eigenvalue weighted by Crippen LogP contribution is 2.53. The molecule has 1 aromatic carbocycles. The third-order valence-corrected chi connectivity index (χ3v) is 8.20. The number of carbonyl (C=O) groups excluding carboxylic acids is 3. The van der Waals surface area contributed by atoms with Crippen molar-refractivity contribution in [1.29, 1.82) is 0 Å². The van der Waals surface area contributed by atoms with Gasteiger partial charge in [0.05, 0.1) is 10.5 Å². The first-order chi connectivity index (χ1) is 15.7. The Balaban J connectivity index is 1.65. The van der Waals surface area contributed by atoms with Crippen LogP contribution < -0.4 is 10.6 Å². The molecule has 2 fully saturated rings. The van der Waals surface area contributed by atoms with E-state index in [4.69, 9.17) is 4.74 Å². The van der Waals surface area contributed by atoms with E-state index in [0.29, 0.717) is 13.1 Å². The van der Waals surface area contributed by atoms with Crippen LogP contribution in [0.5, 0.6) is 0 Å². The number of sulfonamides is 1. The van der Waals surface area contributed by atoms with E-state index in [-0.39, 0.29) is 33.2 Å². The summed E-state index contributed by atoms with van der Waals surface area (Å²) < 4.78 is 33.5. The molecule has 1 aliphatic heterocycles. The monoisotopic (exact) mass is 493 g/mol. The van der Waals surface area contributed by atoms with Gasteiger partial charge in [-0.15, -0.1) is 0 Å². The number of nitrogens with zero attached hydrogens (tertiary/aromatic N) is 1. The van der Waals surface area contributed by atoms with Gasteiger partial charge < -0.3 is 10.1 Å². The number of ether oxygens (including phenoxy) is 1. The average molecular weight is 494 g/mol. The Hall–Kier alpha value is -2.46. The van der Waals surface area contributed by atoms with Crippen molar-refractivity contribution in [2.24, 2.45) is 16.7 Å². The van der Waals surface area contributed by atoms with E-state index in [1.807, 2.05) is 13.8 Å². The number of rotatable bonds is 7. The Kier molecular flexibility index (Phi) is 7.43. The number of benzene rings is 1. The van der Waals surface area contributed by atoms with E-state index in [0.717, 1.165) is 19.3 Å². The third kappa shape index (κ3) is 6.15. The highest BCUT2D eigenvalue weighted by atomic mass is 32.2. The first-order valence-electron chi connectivity index (χ1n) is 11.6. The average Bonchev–Trinajstić information content (AvgIpc) is 2.99. The van der Waals surface area contributed by atoms with Crippen molar-refractivity contribution >= 4 is 27.9 Å². The van der Waals surface area contributed by atoms with Gasteiger partial charge in [0.25, 0.3) is 5.91 Å². The largest absolute Gasteiger partial charge is 0.452 e. The number of carbonyl (C=O) groups is 3. The number of hydrogen-bond donors (Lipinski definition) is 2. The van der Waals surface area contributed by atoms with Crippen molar-refractivity contribution in [3.63, 3.8) is 0 Å². The van der Waals surface area contributed by atoms with Crippen molar-refractivity contribution < 1.29 is 27.5 Å². The number of imide groups is 1. The summed E-state index contributed by atoms with van der Waals surface area (Å²) >= 11 is 0. The zero-order valence-electron chi connectivity index (χ0n) is 20.5. The van der Waals surface area contributed by atoms with Gasteiger partial charge in [-0.3, -0.25) is 10.1 Å². The SMILES string of the molecule is CC(C)CNC(=O)NC(=O)COC(=O)c1cccc(S(=O)(=O)N2CC3(C)CC2CC(C)(C)C3)c1. The lowest BCUT2D eigenvalue weighted by Crippen LogP contribution is -2.42. The van der Waals surface area contributed by atoms with Crippen molar-refractivity contribution in [2.45, 2.75) is 64.8 Å². The van der Waals surface area contributed by atoms with Gasteiger partial charge in [-0.2, -0.15) is 4.31 Å². The van der Waals surface area contributed by atoms with Gasteiger partial charge in [-0.25, -0.2) is 18.0 Å². The van der Waals surface area contributed by atoms with Crippen LogP contribution in [0.3, 0.4) is 0 Å². The molecule has 188 valence electrons. The summed E-state index contributed by atoms with van der Waals surface area (Å²) in [5.41, 5.74) is 0.0249. The van der Waals surface area contributed by atoms with Crippen molar-refractivity contribution in [2.75, 3.05) is 19.7 Å². The zero-order chi connectivity index (χ0) is 25.3. The fourth-order valence-electron chi connectivity index (χ4n) is 5.33. The lowest BCUT2D eigenvalue weighted by Gasteiger charge is -2.39. The summed E-state index contributed by atoms with van der Waals surface area (Å²) in [5, 5.41) is 4.60. The van der Waals surface area contributed by atoms with Crippen LogP contribution in [0.15, 0.2) is 29.2 Å². The van der Waals surface area contributed by atoms with Gasteiger partial charge >= 0.3 is 12.0 Å². The Morgan fingerprint density at radius 2 is 1.88 bits per heavy atom. The van der Waals surface area contributed by atoms with Gasteiger partial charge in [0.1, 0.15) is 0 Å². The minimum absolute atomic E-state index is 0.0202. The molecule has 0 radical (unpaired) electrons. The molecule has 2 atom stereocenters. The molecule has 2 bridgehead atoms. The molecule has 0 aromatic heterocycles. The fraction of sp³-hybridized carbons (Fsp3) is 0.625. The molecule has 1 aromatic rings. The lowest BCUT2D eigenvalue weighted by atomic mass is 9.65. The van der Waals surface area contributed by atoms with Gasteiger partial charge in [-0.1, -0.05) is 40.7 Å².